The zero-order chi connectivity index (χ0) is 26.7. The first-order valence-electron chi connectivity index (χ1n) is 12.2. The average Bonchev–Trinajstić information content (AvgIpc) is 3.65. The molecule has 0 aliphatic heterocycles. The van der Waals surface area contributed by atoms with E-state index >= 15 is 0 Å². The van der Waals surface area contributed by atoms with Crippen molar-refractivity contribution >= 4 is 45.9 Å². The topological polar surface area (TPSA) is 101 Å². The standard InChI is InChI=1S/C27H28ClFN4O4/c1-3-20(35)11-17-7-10-23-21(12-17)27(16(2)34)31-33(23)15-25(37)32(19-8-9-19)14-24(36)30-13-18-5-4-6-22(28)26(18)29/h4-7,10,12,19H,3,8-9,11,13-15H2,1-2H3,(H,30,36). The molecule has 1 aromatic heterocycles. The van der Waals surface area contributed by atoms with E-state index in [2.05, 4.69) is 10.4 Å². The second kappa shape index (κ2) is 11.2. The number of Topliss-reactive ketones (excluding diaryl/α,β-unsaturated/α-hetero) is 2. The Labute approximate surface area is 218 Å². The van der Waals surface area contributed by atoms with Gasteiger partial charge in [-0.3, -0.25) is 23.9 Å². The number of amides is 2. The molecule has 3 aromatic rings. The molecule has 37 heavy (non-hydrogen) atoms. The molecule has 1 heterocycles. The van der Waals surface area contributed by atoms with Crippen LogP contribution in [0.25, 0.3) is 10.9 Å². The molecule has 1 saturated carbocycles. The maximum atomic E-state index is 14.1. The fourth-order valence-electron chi connectivity index (χ4n) is 4.19. The number of hydrogen-bond donors (Lipinski definition) is 1. The summed E-state index contributed by atoms with van der Waals surface area (Å²) < 4.78 is 15.6. The normalized spacial score (nSPS) is 13.0. The number of rotatable bonds is 11. The predicted octanol–water partition coefficient (Wildman–Crippen LogP) is 3.86. The largest absolute Gasteiger partial charge is 0.350 e. The molecule has 4 rings (SSSR count). The summed E-state index contributed by atoms with van der Waals surface area (Å²) in [4.78, 5) is 51.5. The van der Waals surface area contributed by atoms with Crippen molar-refractivity contribution in [1.82, 2.24) is 20.0 Å². The summed E-state index contributed by atoms with van der Waals surface area (Å²) in [5.74, 6) is -1.48. The van der Waals surface area contributed by atoms with Gasteiger partial charge >= 0.3 is 0 Å². The molecule has 0 spiro atoms. The Balaban J connectivity index is 1.48. The summed E-state index contributed by atoms with van der Waals surface area (Å²) in [6, 6.07) is 9.83. The van der Waals surface area contributed by atoms with Crippen molar-refractivity contribution < 1.29 is 23.6 Å². The molecule has 0 radical (unpaired) electrons. The van der Waals surface area contributed by atoms with Crippen LogP contribution in [-0.2, 0) is 33.9 Å². The lowest BCUT2D eigenvalue weighted by molar-refractivity contribution is -0.137. The molecule has 194 valence electrons. The van der Waals surface area contributed by atoms with Gasteiger partial charge in [-0.1, -0.05) is 36.7 Å². The van der Waals surface area contributed by atoms with Crippen molar-refractivity contribution in [3.63, 3.8) is 0 Å². The average molecular weight is 527 g/mol. The third-order valence-corrected chi connectivity index (χ3v) is 6.65. The molecule has 2 amide bonds. The number of carbonyl (C=O) groups is 4. The van der Waals surface area contributed by atoms with Crippen LogP contribution in [0.15, 0.2) is 36.4 Å². The first-order valence-corrected chi connectivity index (χ1v) is 12.6. The number of fused-ring (bicyclic) bond motifs is 1. The molecule has 2 aromatic carbocycles. The second-order valence-corrected chi connectivity index (χ2v) is 9.63. The van der Waals surface area contributed by atoms with Crippen molar-refractivity contribution in [3.8, 4) is 0 Å². The Bertz CT molecular complexity index is 1380. The van der Waals surface area contributed by atoms with Gasteiger partial charge in [0.15, 0.2) is 5.78 Å². The van der Waals surface area contributed by atoms with Crippen molar-refractivity contribution in [2.45, 2.75) is 58.7 Å². The SMILES string of the molecule is CCC(=O)Cc1ccc2c(c1)c(C(C)=O)nn2CC(=O)N(CC(=O)NCc1cccc(Cl)c1F)C1CC1. The van der Waals surface area contributed by atoms with Gasteiger partial charge in [0.1, 0.15) is 23.8 Å². The monoisotopic (exact) mass is 526 g/mol. The molecule has 0 saturated heterocycles. The van der Waals surface area contributed by atoms with Gasteiger partial charge in [0, 0.05) is 43.3 Å². The molecule has 8 nitrogen and oxygen atoms in total. The molecule has 0 bridgehead atoms. The zero-order valence-electron chi connectivity index (χ0n) is 20.7. The van der Waals surface area contributed by atoms with Crippen molar-refractivity contribution in [2.75, 3.05) is 6.54 Å². The van der Waals surface area contributed by atoms with Crippen molar-refractivity contribution in [1.29, 1.82) is 0 Å². The number of hydrogen-bond acceptors (Lipinski definition) is 5. The summed E-state index contributed by atoms with van der Waals surface area (Å²) >= 11 is 5.80. The third kappa shape index (κ3) is 6.22. The van der Waals surface area contributed by atoms with E-state index in [1.54, 1.807) is 31.2 Å². The van der Waals surface area contributed by atoms with Crippen molar-refractivity contribution in [2.24, 2.45) is 0 Å². The Morgan fingerprint density at radius 2 is 1.95 bits per heavy atom. The van der Waals surface area contributed by atoms with Crippen LogP contribution in [0, 0.1) is 5.82 Å². The molecule has 1 aliphatic rings. The minimum atomic E-state index is -0.589. The molecule has 0 atom stereocenters. The van der Waals surface area contributed by atoms with Gasteiger partial charge in [0.25, 0.3) is 0 Å². The quantitative estimate of drug-likeness (QED) is 0.382. The van der Waals surface area contributed by atoms with Crippen LogP contribution >= 0.6 is 11.6 Å². The molecule has 1 fully saturated rings. The number of benzene rings is 2. The van der Waals surface area contributed by atoms with Gasteiger partial charge in [0.05, 0.1) is 17.1 Å². The summed E-state index contributed by atoms with van der Waals surface area (Å²) in [6.45, 7) is 2.83. The van der Waals surface area contributed by atoms with Crippen LogP contribution in [0.4, 0.5) is 4.39 Å². The summed E-state index contributed by atoms with van der Waals surface area (Å²) in [5.41, 5.74) is 1.86. The molecular formula is C27H28ClFN4O4. The highest BCUT2D eigenvalue weighted by Gasteiger charge is 2.34. The van der Waals surface area contributed by atoms with E-state index in [0.717, 1.165) is 18.4 Å². The van der Waals surface area contributed by atoms with Crippen LogP contribution in [0.2, 0.25) is 5.02 Å². The van der Waals surface area contributed by atoms with Crippen molar-refractivity contribution in [3.05, 3.63) is 64.1 Å². The number of halogens is 2. The molecule has 1 aliphatic carbocycles. The minimum Gasteiger partial charge on any atom is -0.350 e. The Hall–Kier alpha value is -3.59. The Morgan fingerprint density at radius 1 is 1.19 bits per heavy atom. The van der Waals surface area contributed by atoms with E-state index in [0.29, 0.717) is 17.3 Å². The van der Waals surface area contributed by atoms with Gasteiger partial charge < -0.3 is 10.2 Å². The molecule has 1 N–H and O–H groups in total. The number of aromatic nitrogens is 2. The van der Waals surface area contributed by atoms with Gasteiger partial charge in [-0.05, 0) is 36.6 Å². The van der Waals surface area contributed by atoms with Crippen LogP contribution < -0.4 is 5.32 Å². The number of nitrogens with one attached hydrogen (secondary N) is 1. The summed E-state index contributed by atoms with van der Waals surface area (Å²) in [7, 11) is 0. The highest BCUT2D eigenvalue weighted by Crippen LogP contribution is 2.28. The smallest absolute Gasteiger partial charge is 0.245 e. The Kier molecular flexibility index (Phi) is 8.02. The molecule has 10 heteroatoms. The summed E-state index contributed by atoms with van der Waals surface area (Å²) in [5, 5.41) is 7.59. The first kappa shape index (κ1) is 26.5. The van der Waals surface area contributed by atoms with E-state index in [1.807, 2.05) is 0 Å². The highest BCUT2D eigenvalue weighted by atomic mass is 35.5. The fourth-order valence-corrected chi connectivity index (χ4v) is 4.38. The van der Waals surface area contributed by atoms with Gasteiger partial charge in [-0.25, -0.2) is 4.39 Å². The Morgan fingerprint density at radius 3 is 2.62 bits per heavy atom. The minimum absolute atomic E-state index is 0.0259. The lowest BCUT2D eigenvalue weighted by atomic mass is 10.0. The maximum absolute atomic E-state index is 14.1. The van der Waals surface area contributed by atoms with Gasteiger partial charge in [-0.2, -0.15) is 5.10 Å². The van der Waals surface area contributed by atoms with Crippen LogP contribution in [0.5, 0.6) is 0 Å². The van der Waals surface area contributed by atoms with Crippen LogP contribution in [-0.4, -0.2) is 50.6 Å². The number of carbonyl (C=O) groups excluding carboxylic acids is 4. The highest BCUT2D eigenvalue weighted by molar-refractivity contribution is 6.30. The molecule has 0 unspecified atom stereocenters. The maximum Gasteiger partial charge on any atom is 0.245 e. The second-order valence-electron chi connectivity index (χ2n) is 9.23. The van der Waals surface area contributed by atoms with E-state index in [9.17, 15) is 23.6 Å². The summed E-state index contributed by atoms with van der Waals surface area (Å²) in [6.07, 6.45) is 2.26. The van der Waals surface area contributed by atoms with Crippen LogP contribution in [0.3, 0.4) is 0 Å². The molecular weight excluding hydrogens is 499 g/mol. The van der Waals surface area contributed by atoms with E-state index in [4.69, 9.17) is 11.6 Å². The van der Waals surface area contributed by atoms with E-state index in [1.165, 1.54) is 28.6 Å². The fraction of sp³-hybridized carbons (Fsp3) is 0.370. The lowest BCUT2D eigenvalue weighted by Gasteiger charge is -2.22. The zero-order valence-corrected chi connectivity index (χ0v) is 21.5. The van der Waals surface area contributed by atoms with E-state index in [-0.39, 0.29) is 65.9 Å². The van der Waals surface area contributed by atoms with Gasteiger partial charge in [0.2, 0.25) is 11.8 Å². The van der Waals surface area contributed by atoms with E-state index < -0.39 is 11.7 Å². The lowest BCUT2D eigenvalue weighted by Crippen LogP contribution is -2.43. The predicted molar refractivity (Wildman–Crippen MR) is 137 cm³/mol. The third-order valence-electron chi connectivity index (χ3n) is 6.36. The first-order chi connectivity index (χ1) is 17.7. The van der Waals surface area contributed by atoms with Crippen LogP contribution in [0.1, 0.15) is 54.7 Å². The number of nitrogens with zero attached hydrogens (tertiary/aromatic N) is 3. The van der Waals surface area contributed by atoms with Gasteiger partial charge in [-0.15, -0.1) is 0 Å². The number of ketones is 2.